The van der Waals surface area contributed by atoms with Crippen LogP contribution < -0.4 is 5.73 Å². The molecular weight excluding hydrogens is 186 g/mol. The second kappa shape index (κ2) is 5.61. The molecule has 0 aromatic heterocycles. The van der Waals surface area contributed by atoms with Crippen molar-refractivity contribution in [1.82, 2.24) is 0 Å². The van der Waals surface area contributed by atoms with Gasteiger partial charge in [-0.05, 0) is 5.56 Å². The number of carbonyl (C=O) groups excluding carboxylic acids is 1. The minimum atomic E-state index is -0.388. The molecule has 0 aliphatic heterocycles. The van der Waals surface area contributed by atoms with E-state index in [1.165, 1.54) is 0 Å². The van der Waals surface area contributed by atoms with Gasteiger partial charge in [0, 0.05) is 0 Å². The Kier molecular flexibility index (Phi) is 4.35. The van der Waals surface area contributed by atoms with Crippen LogP contribution in [0.1, 0.15) is 5.56 Å². The Morgan fingerprint density at radius 1 is 1.38 bits per heavy atom. The molecule has 70 valence electrons. The van der Waals surface area contributed by atoms with Crippen molar-refractivity contribution in [3.8, 4) is 0 Å². The molecule has 0 fully saturated rings. The van der Waals surface area contributed by atoms with E-state index in [-0.39, 0.29) is 12.5 Å². The summed E-state index contributed by atoms with van der Waals surface area (Å²) in [4.78, 5) is 10.6. The van der Waals surface area contributed by atoms with E-state index >= 15 is 0 Å². The summed E-state index contributed by atoms with van der Waals surface area (Å²) >= 11 is 1.11. The van der Waals surface area contributed by atoms with Gasteiger partial charge in [-0.15, -0.1) is 0 Å². The van der Waals surface area contributed by atoms with E-state index in [0.29, 0.717) is 5.75 Å². The van der Waals surface area contributed by atoms with Crippen LogP contribution in [0.2, 0.25) is 0 Å². The molecule has 0 atom stereocenters. The normalized spacial score (nSPS) is 9.62. The van der Waals surface area contributed by atoms with Gasteiger partial charge >= 0.3 is 5.97 Å². The summed E-state index contributed by atoms with van der Waals surface area (Å²) in [6.07, 6.45) is 0. The first-order valence-electron chi connectivity index (χ1n) is 3.89. The van der Waals surface area contributed by atoms with Gasteiger partial charge in [0.05, 0.1) is 24.3 Å². The smallest absolute Gasteiger partial charge is 0.331 e. The van der Waals surface area contributed by atoms with E-state index in [1.54, 1.807) is 0 Å². The van der Waals surface area contributed by atoms with Crippen molar-refractivity contribution in [2.45, 2.75) is 5.75 Å². The molecule has 0 amide bonds. The Bertz CT molecular complexity index is 264. The predicted octanol–water partition coefficient (Wildman–Crippen LogP) is 1.34. The number of benzene rings is 1. The van der Waals surface area contributed by atoms with Crippen LogP contribution in [0.3, 0.4) is 0 Å². The molecule has 1 aromatic carbocycles. The molecule has 4 heteroatoms. The maximum absolute atomic E-state index is 10.6. The van der Waals surface area contributed by atoms with E-state index in [2.05, 4.69) is 0 Å². The van der Waals surface area contributed by atoms with E-state index in [4.69, 9.17) is 9.92 Å². The second-order valence-corrected chi connectivity index (χ2v) is 3.10. The molecule has 0 saturated carbocycles. The Morgan fingerprint density at radius 2 is 2.08 bits per heavy atom. The third-order valence-electron chi connectivity index (χ3n) is 1.39. The van der Waals surface area contributed by atoms with Gasteiger partial charge in [0.25, 0.3) is 0 Å². The van der Waals surface area contributed by atoms with Crippen molar-refractivity contribution < 1.29 is 8.98 Å². The fourth-order valence-corrected chi connectivity index (χ4v) is 1.36. The number of hydrogen-bond donors (Lipinski definition) is 1. The van der Waals surface area contributed by atoms with Crippen LogP contribution in [0, 0.1) is 0 Å². The topological polar surface area (TPSA) is 52.3 Å². The van der Waals surface area contributed by atoms with Crippen LogP contribution in [0.15, 0.2) is 30.3 Å². The van der Waals surface area contributed by atoms with E-state index < -0.39 is 0 Å². The largest absolute Gasteiger partial charge is 0.390 e. The zero-order valence-electron chi connectivity index (χ0n) is 7.10. The molecule has 13 heavy (non-hydrogen) atoms. The first kappa shape index (κ1) is 10.1. The SMILES string of the molecule is NCC(=O)OSCc1ccccc1. The van der Waals surface area contributed by atoms with Crippen LogP contribution in [0.5, 0.6) is 0 Å². The zero-order valence-corrected chi connectivity index (χ0v) is 7.92. The molecule has 0 heterocycles. The average molecular weight is 197 g/mol. The lowest BCUT2D eigenvalue weighted by atomic mass is 10.2. The van der Waals surface area contributed by atoms with Gasteiger partial charge in [-0.25, -0.2) is 4.79 Å². The minimum Gasteiger partial charge on any atom is -0.390 e. The maximum Gasteiger partial charge on any atom is 0.331 e. The molecule has 2 N–H and O–H groups in total. The highest BCUT2D eigenvalue weighted by molar-refractivity contribution is 7.94. The average Bonchev–Trinajstić information content (AvgIpc) is 2.19. The standard InChI is InChI=1S/C9H11NO2S/c10-6-9(11)12-13-7-8-4-2-1-3-5-8/h1-5H,6-7,10H2. The lowest BCUT2D eigenvalue weighted by Crippen LogP contribution is -2.13. The number of carbonyl (C=O) groups is 1. The fraction of sp³-hybridized carbons (Fsp3) is 0.222. The van der Waals surface area contributed by atoms with Gasteiger partial charge in [-0.1, -0.05) is 30.3 Å². The maximum atomic E-state index is 10.6. The molecule has 1 rings (SSSR count). The molecule has 0 saturated heterocycles. The summed E-state index contributed by atoms with van der Waals surface area (Å²) in [6.45, 7) is -0.0677. The van der Waals surface area contributed by atoms with Gasteiger partial charge in [-0.3, -0.25) is 0 Å². The van der Waals surface area contributed by atoms with Gasteiger partial charge < -0.3 is 9.92 Å². The van der Waals surface area contributed by atoms with E-state index in [9.17, 15) is 4.79 Å². The van der Waals surface area contributed by atoms with Crippen LogP contribution in [-0.2, 0) is 14.7 Å². The third-order valence-corrected chi connectivity index (χ3v) is 2.14. The van der Waals surface area contributed by atoms with E-state index in [0.717, 1.165) is 17.6 Å². The lowest BCUT2D eigenvalue weighted by molar-refractivity contribution is -0.131. The molecule has 0 bridgehead atoms. The van der Waals surface area contributed by atoms with Crippen molar-refractivity contribution in [2.24, 2.45) is 5.73 Å². The quantitative estimate of drug-likeness (QED) is 0.740. The monoisotopic (exact) mass is 197 g/mol. The first-order valence-corrected chi connectivity index (χ1v) is 4.80. The molecule has 3 nitrogen and oxygen atoms in total. The number of nitrogens with two attached hydrogens (primary N) is 1. The number of hydrogen-bond acceptors (Lipinski definition) is 4. The van der Waals surface area contributed by atoms with Gasteiger partial charge in [-0.2, -0.15) is 0 Å². The minimum absolute atomic E-state index is 0.0677. The highest BCUT2D eigenvalue weighted by Crippen LogP contribution is 2.12. The van der Waals surface area contributed by atoms with Crippen molar-refractivity contribution in [3.63, 3.8) is 0 Å². The highest BCUT2D eigenvalue weighted by atomic mass is 32.2. The summed E-state index contributed by atoms with van der Waals surface area (Å²) in [5, 5.41) is 0. The van der Waals surface area contributed by atoms with E-state index in [1.807, 2.05) is 30.3 Å². The van der Waals surface area contributed by atoms with Crippen LogP contribution >= 0.6 is 12.0 Å². The van der Waals surface area contributed by atoms with Crippen LogP contribution in [0.25, 0.3) is 0 Å². The molecule has 1 aromatic rings. The Labute approximate surface area is 81.5 Å². The summed E-state index contributed by atoms with van der Waals surface area (Å²) in [6, 6.07) is 9.79. The van der Waals surface area contributed by atoms with Crippen LogP contribution in [0.4, 0.5) is 0 Å². The van der Waals surface area contributed by atoms with Gasteiger partial charge in [0.1, 0.15) is 0 Å². The van der Waals surface area contributed by atoms with Crippen molar-refractivity contribution in [3.05, 3.63) is 35.9 Å². The summed E-state index contributed by atoms with van der Waals surface area (Å²) in [5.74, 6) is 0.271. The van der Waals surface area contributed by atoms with Crippen LogP contribution in [-0.4, -0.2) is 12.5 Å². The van der Waals surface area contributed by atoms with Crippen molar-refractivity contribution in [1.29, 1.82) is 0 Å². The van der Waals surface area contributed by atoms with Crippen molar-refractivity contribution >= 4 is 18.0 Å². The molecule has 0 aliphatic carbocycles. The Morgan fingerprint density at radius 3 is 2.69 bits per heavy atom. The molecular formula is C9H11NO2S. The van der Waals surface area contributed by atoms with Gasteiger partial charge in [0.2, 0.25) is 0 Å². The second-order valence-electron chi connectivity index (χ2n) is 2.41. The molecule has 0 unspecified atom stereocenters. The zero-order chi connectivity index (χ0) is 9.52. The van der Waals surface area contributed by atoms with Gasteiger partial charge in [0.15, 0.2) is 0 Å². The lowest BCUT2D eigenvalue weighted by Gasteiger charge is -2.00. The summed E-state index contributed by atoms with van der Waals surface area (Å²) < 4.78 is 4.75. The Balaban J connectivity index is 2.24. The summed E-state index contributed by atoms with van der Waals surface area (Å²) in [7, 11) is 0. The molecule has 0 radical (unpaired) electrons. The number of rotatable bonds is 4. The molecule has 0 aliphatic rings. The Hall–Kier alpha value is -1.00. The highest BCUT2D eigenvalue weighted by Gasteiger charge is 1.99. The van der Waals surface area contributed by atoms with Crippen molar-refractivity contribution in [2.75, 3.05) is 6.54 Å². The predicted molar refractivity (Wildman–Crippen MR) is 52.9 cm³/mol. The fourth-order valence-electron chi connectivity index (χ4n) is 0.771. The summed E-state index contributed by atoms with van der Waals surface area (Å²) in [5.41, 5.74) is 6.19. The first-order chi connectivity index (χ1) is 6.33. The molecule has 0 spiro atoms. The third kappa shape index (κ3) is 3.96.